The third kappa shape index (κ3) is 3.10. The maximum atomic E-state index is 12.3. The van der Waals surface area contributed by atoms with Gasteiger partial charge in [0, 0.05) is 17.0 Å². The smallest absolute Gasteiger partial charge is 0.267 e. The molecule has 0 aliphatic heterocycles. The van der Waals surface area contributed by atoms with Crippen molar-refractivity contribution in [2.24, 2.45) is 5.92 Å². The lowest BCUT2D eigenvalue weighted by atomic mass is 10.1. The number of aromatic nitrogens is 3. The van der Waals surface area contributed by atoms with E-state index in [4.69, 9.17) is 0 Å². The number of pyridine rings is 1. The van der Waals surface area contributed by atoms with Gasteiger partial charge in [0.1, 0.15) is 0 Å². The maximum absolute atomic E-state index is 12.3. The summed E-state index contributed by atoms with van der Waals surface area (Å²) in [4.78, 5) is 28.5. The lowest BCUT2D eigenvalue weighted by Gasteiger charge is -2.18. The Morgan fingerprint density at radius 3 is 2.73 bits per heavy atom. The van der Waals surface area contributed by atoms with Crippen molar-refractivity contribution in [2.45, 2.75) is 39.2 Å². The van der Waals surface area contributed by atoms with E-state index in [1.54, 1.807) is 6.92 Å². The standard InChI is InChI=1S/C16H20N4O2/c1-9-4-3-5-13(17-9)15(11-6-7-11)18-14(21)8-12-10(2)19-20-16(12)22/h3-5,11,15H,6-8H2,1-2H3,(H,18,21)(H2,19,20,22)/t15-/m0/s1. The first-order valence-electron chi connectivity index (χ1n) is 7.53. The van der Waals surface area contributed by atoms with Crippen LogP contribution in [0.2, 0.25) is 0 Å². The summed E-state index contributed by atoms with van der Waals surface area (Å²) in [5.74, 6) is 0.303. The van der Waals surface area contributed by atoms with Gasteiger partial charge in [-0.25, -0.2) is 0 Å². The van der Waals surface area contributed by atoms with Crippen LogP contribution in [0.5, 0.6) is 0 Å². The average Bonchev–Trinajstić information content (AvgIpc) is 3.27. The highest BCUT2D eigenvalue weighted by Crippen LogP contribution is 2.40. The molecule has 116 valence electrons. The number of aryl methyl sites for hydroxylation is 2. The van der Waals surface area contributed by atoms with Crippen LogP contribution in [0.3, 0.4) is 0 Å². The Kier molecular flexibility index (Phi) is 3.83. The van der Waals surface area contributed by atoms with Crippen LogP contribution in [0, 0.1) is 19.8 Å². The van der Waals surface area contributed by atoms with Gasteiger partial charge in [0.05, 0.1) is 18.2 Å². The third-order valence-corrected chi connectivity index (χ3v) is 4.07. The van der Waals surface area contributed by atoms with E-state index in [0.717, 1.165) is 24.2 Å². The fourth-order valence-electron chi connectivity index (χ4n) is 2.67. The van der Waals surface area contributed by atoms with Crippen molar-refractivity contribution in [2.75, 3.05) is 0 Å². The van der Waals surface area contributed by atoms with Gasteiger partial charge in [0.15, 0.2) is 0 Å². The second-order valence-electron chi connectivity index (χ2n) is 5.95. The number of H-pyrrole nitrogens is 2. The van der Waals surface area contributed by atoms with Crippen LogP contribution in [0.15, 0.2) is 23.0 Å². The molecule has 0 aromatic carbocycles. The van der Waals surface area contributed by atoms with Crippen molar-refractivity contribution in [3.05, 3.63) is 51.2 Å². The Balaban J connectivity index is 1.74. The van der Waals surface area contributed by atoms with Gasteiger partial charge in [-0.3, -0.25) is 19.7 Å². The number of amides is 1. The molecule has 2 aromatic rings. The Morgan fingerprint density at radius 1 is 1.36 bits per heavy atom. The predicted molar refractivity (Wildman–Crippen MR) is 82.4 cm³/mol. The van der Waals surface area contributed by atoms with Crippen molar-refractivity contribution in [3.8, 4) is 0 Å². The summed E-state index contributed by atoms with van der Waals surface area (Å²) in [5, 5.41) is 8.28. The second kappa shape index (κ2) is 5.79. The molecule has 22 heavy (non-hydrogen) atoms. The molecule has 6 heteroatoms. The summed E-state index contributed by atoms with van der Waals surface area (Å²) in [7, 11) is 0. The second-order valence-corrected chi connectivity index (χ2v) is 5.95. The highest BCUT2D eigenvalue weighted by atomic mass is 16.2. The molecule has 0 saturated heterocycles. The van der Waals surface area contributed by atoms with Crippen molar-refractivity contribution < 1.29 is 4.79 Å². The van der Waals surface area contributed by atoms with E-state index in [1.165, 1.54) is 0 Å². The number of aromatic amines is 2. The van der Waals surface area contributed by atoms with Gasteiger partial charge in [-0.1, -0.05) is 6.07 Å². The highest BCUT2D eigenvalue weighted by molar-refractivity contribution is 5.79. The molecule has 2 heterocycles. The number of carbonyl (C=O) groups excluding carboxylic acids is 1. The topological polar surface area (TPSA) is 90.6 Å². The van der Waals surface area contributed by atoms with Crippen LogP contribution in [0.25, 0.3) is 0 Å². The van der Waals surface area contributed by atoms with Gasteiger partial charge in [0.25, 0.3) is 5.56 Å². The average molecular weight is 300 g/mol. The van der Waals surface area contributed by atoms with Crippen LogP contribution in [-0.2, 0) is 11.2 Å². The molecule has 2 aromatic heterocycles. The number of hydrogen-bond donors (Lipinski definition) is 3. The van der Waals surface area contributed by atoms with E-state index >= 15 is 0 Å². The molecule has 1 atom stereocenters. The Labute approximate surface area is 128 Å². The van der Waals surface area contributed by atoms with Crippen LogP contribution in [-0.4, -0.2) is 21.1 Å². The molecule has 1 amide bonds. The summed E-state index contributed by atoms with van der Waals surface area (Å²) >= 11 is 0. The molecular formula is C16H20N4O2. The Bertz CT molecular complexity index is 743. The summed E-state index contributed by atoms with van der Waals surface area (Å²) in [6, 6.07) is 5.79. The van der Waals surface area contributed by atoms with Gasteiger partial charge < -0.3 is 10.4 Å². The van der Waals surface area contributed by atoms with Gasteiger partial charge >= 0.3 is 0 Å². The molecule has 0 bridgehead atoms. The normalized spacial score (nSPS) is 15.5. The fraction of sp³-hybridized carbons (Fsp3) is 0.438. The zero-order valence-electron chi connectivity index (χ0n) is 12.8. The molecular weight excluding hydrogens is 280 g/mol. The molecule has 3 N–H and O–H groups in total. The quantitative estimate of drug-likeness (QED) is 0.782. The Hall–Kier alpha value is -2.37. The van der Waals surface area contributed by atoms with E-state index < -0.39 is 0 Å². The molecule has 1 aliphatic rings. The number of nitrogens with zero attached hydrogens (tertiary/aromatic N) is 1. The van der Waals surface area contributed by atoms with E-state index in [2.05, 4.69) is 20.5 Å². The van der Waals surface area contributed by atoms with Gasteiger partial charge in [-0.15, -0.1) is 0 Å². The van der Waals surface area contributed by atoms with Crippen LogP contribution in [0.4, 0.5) is 0 Å². The van der Waals surface area contributed by atoms with Crippen molar-refractivity contribution in [1.82, 2.24) is 20.5 Å². The van der Waals surface area contributed by atoms with Crippen LogP contribution < -0.4 is 10.9 Å². The number of nitrogens with one attached hydrogen (secondary N) is 3. The number of hydrogen-bond acceptors (Lipinski definition) is 3. The van der Waals surface area contributed by atoms with Crippen LogP contribution in [0.1, 0.15) is 41.5 Å². The molecule has 0 spiro atoms. The van der Waals surface area contributed by atoms with E-state index in [9.17, 15) is 9.59 Å². The van der Waals surface area contributed by atoms with Crippen molar-refractivity contribution >= 4 is 5.91 Å². The zero-order valence-corrected chi connectivity index (χ0v) is 12.8. The number of carbonyl (C=O) groups is 1. The minimum Gasteiger partial charge on any atom is -0.347 e. The molecule has 1 aliphatic carbocycles. The maximum Gasteiger partial charge on any atom is 0.267 e. The van der Waals surface area contributed by atoms with Gasteiger partial charge in [0.2, 0.25) is 5.91 Å². The van der Waals surface area contributed by atoms with Gasteiger partial charge in [-0.2, -0.15) is 0 Å². The van der Waals surface area contributed by atoms with Crippen molar-refractivity contribution in [1.29, 1.82) is 0 Å². The first-order valence-corrected chi connectivity index (χ1v) is 7.53. The largest absolute Gasteiger partial charge is 0.347 e. The first kappa shape index (κ1) is 14.6. The molecule has 1 fully saturated rings. The minimum atomic E-state index is -0.232. The molecule has 3 rings (SSSR count). The zero-order chi connectivity index (χ0) is 15.7. The molecule has 0 unspecified atom stereocenters. The summed E-state index contributed by atoms with van der Waals surface area (Å²) in [6.07, 6.45) is 2.29. The fourth-order valence-corrected chi connectivity index (χ4v) is 2.67. The minimum absolute atomic E-state index is 0.0641. The van der Waals surface area contributed by atoms with Gasteiger partial charge in [-0.05, 0) is 44.7 Å². The van der Waals surface area contributed by atoms with E-state index in [1.807, 2.05) is 25.1 Å². The monoisotopic (exact) mass is 300 g/mol. The predicted octanol–water partition coefficient (Wildman–Crippen LogP) is 1.52. The van der Waals surface area contributed by atoms with Crippen molar-refractivity contribution in [3.63, 3.8) is 0 Å². The summed E-state index contributed by atoms with van der Waals surface area (Å²) in [5.41, 5.74) is 2.80. The number of rotatable bonds is 5. The van der Waals surface area contributed by atoms with E-state index in [0.29, 0.717) is 17.2 Å². The first-order chi connectivity index (χ1) is 10.5. The Morgan fingerprint density at radius 2 is 2.14 bits per heavy atom. The lowest BCUT2D eigenvalue weighted by Crippen LogP contribution is -2.32. The highest BCUT2D eigenvalue weighted by Gasteiger charge is 2.34. The summed E-state index contributed by atoms with van der Waals surface area (Å²) in [6.45, 7) is 3.72. The molecule has 6 nitrogen and oxygen atoms in total. The van der Waals surface area contributed by atoms with Crippen LogP contribution >= 0.6 is 0 Å². The third-order valence-electron chi connectivity index (χ3n) is 4.07. The van der Waals surface area contributed by atoms with E-state index in [-0.39, 0.29) is 23.9 Å². The molecule has 0 radical (unpaired) electrons. The molecule has 1 saturated carbocycles. The SMILES string of the molecule is Cc1cccc([C@@H](NC(=O)Cc2c(C)[nH][nH]c2=O)C2CC2)n1. The summed E-state index contributed by atoms with van der Waals surface area (Å²) < 4.78 is 0. The lowest BCUT2D eigenvalue weighted by molar-refractivity contribution is -0.121.